The Morgan fingerprint density at radius 2 is 1.74 bits per heavy atom. The highest BCUT2D eigenvalue weighted by molar-refractivity contribution is 5.94. The van der Waals surface area contributed by atoms with Gasteiger partial charge in [0.2, 0.25) is 0 Å². The van der Waals surface area contributed by atoms with E-state index in [1.165, 1.54) is 11.6 Å². The van der Waals surface area contributed by atoms with E-state index < -0.39 is 23.1 Å². The Morgan fingerprint density at radius 1 is 1.11 bits per heavy atom. The fourth-order valence-corrected chi connectivity index (χ4v) is 3.46. The van der Waals surface area contributed by atoms with Crippen LogP contribution >= 0.6 is 0 Å². The van der Waals surface area contributed by atoms with Crippen molar-refractivity contribution in [3.05, 3.63) is 73.1 Å². The van der Waals surface area contributed by atoms with Gasteiger partial charge in [0, 0.05) is 19.8 Å². The molecule has 0 amide bonds. The van der Waals surface area contributed by atoms with Gasteiger partial charge >= 0.3 is 11.7 Å². The quantitative estimate of drug-likeness (QED) is 0.834. The van der Waals surface area contributed by atoms with E-state index in [0.29, 0.717) is 22.7 Å². The molecule has 2 heterocycles. The van der Waals surface area contributed by atoms with Crippen LogP contribution in [0, 0.1) is 6.92 Å². The summed E-state index contributed by atoms with van der Waals surface area (Å²) in [6, 6.07) is 7.65. The number of anilines is 1. The van der Waals surface area contributed by atoms with Gasteiger partial charge in [-0.3, -0.25) is 13.9 Å². The van der Waals surface area contributed by atoms with Gasteiger partial charge in [0.15, 0.2) is 0 Å². The van der Waals surface area contributed by atoms with Crippen molar-refractivity contribution < 1.29 is 9.53 Å². The Bertz CT molecular complexity index is 1060. The molecule has 2 aromatic rings. The number of fused-ring (bicyclic) bond motifs is 1. The number of ether oxygens (including phenoxy) is 1. The van der Waals surface area contributed by atoms with Crippen molar-refractivity contribution in [2.24, 2.45) is 14.1 Å². The topological polar surface area (TPSA) is 82.3 Å². The molecule has 1 aliphatic rings. The van der Waals surface area contributed by atoms with Gasteiger partial charge in [-0.05, 0) is 26.3 Å². The number of allylic oxidation sites excluding steroid dienone is 1. The highest BCUT2D eigenvalue weighted by atomic mass is 16.5. The number of nitrogens with one attached hydrogen (secondary N) is 1. The minimum absolute atomic E-state index is 0.231. The molecule has 0 bridgehead atoms. The van der Waals surface area contributed by atoms with Crippen molar-refractivity contribution in [1.82, 2.24) is 9.13 Å². The average molecular weight is 369 g/mol. The molecule has 1 N–H and O–H groups in total. The van der Waals surface area contributed by atoms with Gasteiger partial charge in [0.25, 0.3) is 5.56 Å². The summed E-state index contributed by atoms with van der Waals surface area (Å²) in [5, 5.41) is 3.07. The molecule has 1 unspecified atom stereocenters. The first kappa shape index (κ1) is 18.7. The zero-order valence-corrected chi connectivity index (χ0v) is 16.1. The highest BCUT2D eigenvalue weighted by Gasteiger charge is 2.37. The van der Waals surface area contributed by atoms with Crippen LogP contribution in [0.15, 0.2) is 45.1 Å². The van der Waals surface area contributed by atoms with E-state index in [0.717, 1.165) is 15.7 Å². The van der Waals surface area contributed by atoms with Crippen molar-refractivity contribution in [3.8, 4) is 0 Å². The smallest absolute Gasteiger partial charge is 0.336 e. The third kappa shape index (κ3) is 2.99. The third-order valence-corrected chi connectivity index (χ3v) is 4.89. The van der Waals surface area contributed by atoms with Crippen molar-refractivity contribution in [1.29, 1.82) is 0 Å². The molecule has 1 atom stereocenters. The predicted octanol–water partition coefficient (Wildman–Crippen LogP) is 1.79. The van der Waals surface area contributed by atoms with Crippen LogP contribution in [0.5, 0.6) is 0 Å². The van der Waals surface area contributed by atoms with Crippen molar-refractivity contribution in [3.63, 3.8) is 0 Å². The number of carbonyl (C=O) groups is 1. The molecule has 142 valence electrons. The van der Waals surface area contributed by atoms with Crippen molar-refractivity contribution in [2.75, 3.05) is 11.9 Å². The van der Waals surface area contributed by atoms with Gasteiger partial charge in [0.05, 0.1) is 23.7 Å². The summed E-state index contributed by atoms with van der Waals surface area (Å²) in [6.07, 6.45) is 0. The van der Waals surface area contributed by atoms with Gasteiger partial charge in [0.1, 0.15) is 5.82 Å². The molecule has 27 heavy (non-hydrogen) atoms. The predicted molar refractivity (Wildman–Crippen MR) is 103 cm³/mol. The van der Waals surface area contributed by atoms with Gasteiger partial charge in [-0.15, -0.1) is 0 Å². The zero-order valence-electron chi connectivity index (χ0n) is 16.1. The van der Waals surface area contributed by atoms with Crippen LogP contribution in [0.3, 0.4) is 0 Å². The monoisotopic (exact) mass is 369 g/mol. The summed E-state index contributed by atoms with van der Waals surface area (Å²) >= 11 is 0. The van der Waals surface area contributed by atoms with E-state index in [-0.39, 0.29) is 6.61 Å². The summed E-state index contributed by atoms with van der Waals surface area (Å²) < 4.78 is 7.71. The Kier molecular flexibility index (Phi) is 4.78. The van der Waals surface area contributed by atoms with Crippen LogP contribution in [0.4, 0.5) is 5.82 Å². The van der Waals surface area contributed by atoms with E-state index >= 15 is 0 Å². The van der Waals surface area contributed by atoms with E-state index in [9.17, 15) is 14.4 Å². The maximum Gasteiger partial charge on any atom is 0.336 e. The molecule has 7 heteroatoms. The summed E-state index contributed by atoms with van der Waals surface area (Å²) in [7, 11) is 3.04. The van der Waals surface area contributed by atoms with E-state index in [4.69, 9.17) is 4.74 Å². The fourth-order valence-electron chi connectivity index (χ4n) is 3.46. The lowest BCUT2D eigenvalue weighted by Gasteiger charge is -2.30. The zero-order chi connectivity index (χ0) is 19.9. The minimum Gasteiger partial charge on any atom is -0.463 e. The number of benzene rings is 1. The van der Waals surface area contributed by atoms with Crippen LogP contribution in [-0.2, 0) is 23.6 Å². The maximum absolute atomic E-state index is 13.0. The standard InChI is InChI=1S/C20H23N3O4/c1-6-27-19(25)14-12(3)21-17-16(18(24)23(5)20(26)22(17)4)15(14)13-9-7-11(2)8-10-13/h7-10,15,21H,6H2,1-5H3. The molecule has 1 aliphatic heterocycles. The lowest BCUT2D eigenvalue weighted by atomic mass is 9.82. The molecule has 7 nitrogen and oxygen atoms in total. The number of carbonyl (C=O) groups excluding carboxylic acids is 1. The molecule has 1 aromatic carbocycles. The Hall–Kier alpha value is -3.09. The second-order valence-electron chi connectivity index (χ2n) is 6.70. The summed E-state index contributed by atoms with van der Waals surface area (Å²) in [4.78, 5) is 38.1. The SMILES string of the molecule is CCOC(=O)C1=C(C)Nc2c(c(=O)n(C)c(=O)n2C)C1c1ccc(C)cc1. The summed E-state index contributed by atoms with van der Waals surface area (Å²) in [5.41, 5.74) is 2.30. The van der Waals surface area contributed by atoms with Gasteiger partial charge < -0.3 is 10.1 Å². The van der Waals surface area contributed by atoms with Gasteiger partial charge in [-0.25, -0.2) is 9.59 Å². The largest absolute Gasteiger partial charge is 0.463 e. The second kappa shape index (κ2) is 6.90. The van der Waals surface area contributed by atoms with Crippen molar-refractivity contribution >= 4 is 11.8 Å². The molecule has 0 radical (unpaired) electrons. The number of esters is 1. The molecule has 0 saturated carbocycles. The number of aryl methyl sites for hydroxylation is 1. The van der Waals surface area contributed by atoms with Crippen molar-refractivity contribution in [2.45, 2.75) is 26.7 Å². The first-order valence-electron chi connectivity index (χ1n) is 8.79. The first-order chi connectivity index (χ1) is 12.8. The fraction of sp³-hybridized carbons (Fsp3) is 0.350. The van der Waals surface area contributed by atoms with E-state index in [1.54, 1.807) is 20.9 Å². The van der Waals surface area contributed by atoms with Crippen LogP contribution in [0.25, 0.3) is 0 Å². The lowest BCUT2D eigenvalue weighted by Crippen LogP contribution is -2.43. The summed E-state index contributed by atoms with van der Waals surface area (Å²) in [5.74, 6) is -0.694. The Labute approximate surface area is 156 Å². The molecule has 0 spiro atoms. The number of nitrogens with zero attached hydrogens (tertiary/aromatic N) is 2. The number of aromatic nitrogens is 2. The Balaban J connectivity index is 2.37. The van der Waals surface area contributed by atoms with Crippen LogP contribution in [0.1, 0.15) is 36.5 Å². The van der Waals surface area contributed by atoms with E-state index in [2.05, 4.69) is 5.32 Å². The molecule has 1 aromatic heterocycles. The summed E-state index contributed by atoms with van der Waals surface area (Å²) in [6.45, 7) is 5.69. The Morgan fingerprint density at radius 3 is 2.33 bits per heavy atom. The number of rotatable bonds is 3. The first-order valence-corrected chi connectivity index (χ1v) is 8.79. The highest BCUT2D eigenvalue weighted by Crippen LogP contribution is 2.39. The molecule has 0 fully saturated rings. The average Bonchev–Trinajstić information content (AvgIpc) is 2.64. The van der Waals surface area contributed by atoms with E-state index in [1.807, 2.05) is 31.2 Å². The lowest BCUT2D eigenvalue weighted by molar-refractivity contribution is -0.138. The maximum atomic E-state index is 13.0. The number of hydrogen-bond donors (Lipinski definition) is 1. The molecular weight excluding hydrogens is 346 g/mol. The van der Waals surface area contributed by atoms with Crippen LogP contribution in [-0.4, -0.2) is 21.7 Å². The van der Waals surface area contributed by atoms with Gasteiger partial charge in [-0.1, -0.05) is 29.8 Å². The molecule has 0 aliphatic carbocycles. The van der Waals surface area contributed by atoms with Crippen LogP contribution in [0.2, 0.25) is 0 Å². The second-order valence-corrected chi connectivity index (χ2v) is 6.70. The minimum atomic E-state index is -0.619. The van der Waals surface area contributed by atoms with Gasteiger partial charge in [-0.2, -0.15) is 0 Å². The molecular formula is C20H23N3O4. The van der Waals surface area contributed by atoms with Crippen LogP contribution < -0.4 is 16.6 Å². The molecule has 3 rings (SSSR count). The third-order valence-electron chi connectivity index (χ3n) is 4.89. The number of hydrogen-bond acceptors (Lipinski definition) is 5. The molecule has 0 saturated heterocycles. The normalized spacial score (nSPS) is 16.0.